The number of hydrogen-bond donors (Lipinski definition) is 0. The van der Waals surface area contributed by atoms with Gasteiger partial charge in [-0.3, -0.25) is 4.99 Å². The molecule has 0 heterocycles. The van der Waals surface area contributed by atoms with E-state index in [0.717, 1.165) is 0 Å². The normalized spacial score (nSPS) is 13.5. The van der Waals surface area contributed by atoms with Crippen molar-refractivity contribution in [1.29, 1.82) is 0 Å². The highest BCUT2D eigenvalue weighted by Gasteiger charge is 1.92. The van der Waals surface area contributed by atoms with E-state index in [2.05, 4.69) is 18.3 Å². The standard InChI is InChI=1S/C10H12FN/c1-4-6-9(7-8-11)10(5-2)12-3/h4-8H,2-3H2,1H3/b6-4+,8-7+,10-9+. The fourth-order valence-electron chi connectivity index (χ4n) is 0.747. The Balaban J connectivity index is 5.00. The lowest BCUT2D eigenvalue weighted by Crippen LogP contribution is -1.78. The van der Waals surface area contributed by atoms with Crippen LogP contribution in [0.5, 0.6) is 0 Å². The Bertz CT molecular complexity index is 223. The third-order valence-corrected chi connectivity index (χ3v) is 1.25. The maximum Gasteiger partial charge on any atom is 0.0873 e. The van der Waals surface area contributed by atoms with Gasteiger partial charge in [0, 0.05) is 5.57 Å². The summed E-state index contributed by atoms with van der Waals surface area (Å²) in [6.45, 7) is 8.73. The number of hydrogen-bond acceptors (Lipinski definition) is 1. The number of nitrogens with zero attached hydrogens (tertiary/aromatic N) is 1. The van der Waals surface area contributed by atoms with Gasteiger partial charge < -0.3 is 0 Å². The Morgan fingerprint density at radius 1 is 1.42 bits per heavy atom. The monoisotopic (exact) mass is 165 g/mol. The Labute approximate surface area is 72.3 Å². The molecule has 0 saturated carbocycles. The van der Waals surface area contributed by atoms with Crippen molar-refractivity contribution in [2.75, 3.05) is 0 Å². The summed E-state index contributed by atoms with van der Waals surface area (Å²) in [5, 5.41) is 0. The van der Waals surface area contributed by atoms with Crippen LogP contribution in [0.4, 0.5) is 4.39 Å². The van der Waals surface area contributed by atoms with Gasteiger partial charge >= 0.3 is 0 Å². The van der Waals surface area contributed by atoms with Crippen molar-refractivity contribution < 1.29 is 4.39 Å². The second-order valence-corrected chi connectivity index (χ2v) is 2.00. The molecular formula is C10H12FN. The Morgan fingerprint density at radius 3 is 2.42 bits per heavy atom. The van der Waals surface area contributed by atoms with E-state index in [1.165, 1.54) is 12.2 Å². The molecular weight excluding hydrogens is 153 g/mol. The van der Waals surface area contributed by atoms with Gasteiger partial charge in [-0.1, -0.05) is 18.7 Å². The van der Waals surface area contributed by atoms with E-state index in [4.69, 9.17) is 0 Å². The Morgan fingerprint density at radius 2 is 2.08 bits per heavy atom. The molecule has 0 N–H and O–H groups in total. The van der Waals surface area contributed by atoms with Gasteiger partial charge in [0.15, 0.2) is 0 Å². The van der Waals surface area contributed by atoms with Crippen molar-refractivity contribution in [3.8, 4) is 0 Å². The lowest BCUT2D eigenvalue weighted by Gasteiger charge is -1.96. The fourth-order valence-corrected chi connectivity index (χ4v) is 0.747. The van der Waals surface area contributed by atoms with E-state index in [0.29, 0.717) is 17.6 Å². The largest absolute Gasteiger partial charge is 0.264 e. The van der Waals surface area contributed by atoms with Gasteiger partial charge in [0.1, 0.15) is 0 Å². The summed E-state index contributed by atoms with van der Waals surface area (Å²) in [5.74, 6) is 0. The summed E-state index contributed by atoms with van der Waals surface area (Å²) in [7, 11) is 0. The SMILES string of the molecule is C=C/C(N=C)=C(/C=C/C)\C=C\F. The molecule has 0 aromatic carbocycles. The van der Waals surface area contributed by atoms with Crippen LogP contribution < -0.4 is 0 Å². The third-order valence-electron chi connectivity index (χ3n) is 1.25. The molecule has 12 heavy (non-hydrogen) atoms. The molecule has 0 aromatic heterocycles. The van der Waals surface area contributed by atoms with Gasteiger partial charge in [-0.25, -0.2) is 4.39 Å². The molecule has 0 unspecified atom stereocenters. The molecule has 0 aliphatic rings. The van der Waals surface area contributed by atoms with Crippen LogP contribution in [0, 0.1) is 0 Å². The molecule has 0 aromatic rings. The number of halogens is 1. The molecule has 1 nitrogen and oxygen atoms in total. The molecule has 0 aliphatic heterocycles. The summed E-state index contributed by atoms with van der Waals surface area (Å²) in [6, 6.07) is 0. The average molecular weight is 165 g/mol. The summed E-state index contributed by atoms with van der Waals surface area (Å²) in [5.41, 5.74) is 1.23. The number of aliphatic imine (C=N–C) groups is 1. The Hall–Kier alpha value is -1.44. The van der Waals surface area contributed by atoms with Crippen LogP contribution in [0.3, 0.4) is 0 Å². The first-order chi connectivity index (χ1) is 5.79. The molecule has 0 saturated heterocycles. The van der Waals surface area contributed by atoms with Crippen LogP contribution in [0.25, 0.3) is 0 Å². The van der Waals surface area contributed by atoms with Crippen molar-refractivity contribution in [1.82, 2.24) is 0 Å². The van der Waals surface area contributed by atoms with Gasteiger partial charge in [0.05, 0.1) is 12.0 Å². The highest BCUT2D eigenvalue weighted by atomic mass is 19.1. The molecule has 0 radical (unpaired) electrons. The zero-order valence-electron chi connectivity index (χ0n) is 7.13. The lowest BCUT2D eigenvalue weighted by atomic mass is 10.2. The maximum absolute atomic E-state index is 11.9. The first kappa shape index (κ1) is 10.6. The van der Waals surface area contributed by atoms with E-state index in [1.54, 1.807) is 12.2 Å². The first-order valence-corrected chi connectivity index (χ1v) is 3.53. The molecule has 64 valence electrons. The van der Waals surface area contributed by atoms with Gasteiger partial charge in [0.2, 0.25) is 0 Å². The highest BCUT2D eigenvalue weighted by molar-refractivity contribution is 5.43. The highest BCUT2D eigenvalue weighted by Crippen LogP contribution is 2.10. The second kappa shape index (κ2) is 6.28. The number of rotatable bonds is 4. The van der Waals surface area contributed by atoms with Crippen molar-refractivity contribution in [3.63, 3.8) is 0 Å². The molecule has 0 aliphatic carbocycles. The summed E-state index contributed by atoms with van der Waals surface area (Å²) < 4.78 is 11.9. The van der Waals surface area contributed by atoms with Gasteiger partial charge in [-0.05, 0) is 25.8 Å². The Kier molecular flexibility index (Phi) is 5.53. The zero-order chi connectivity index (χ0) is 9.40. The maximum atomic E-state index is 11.9. The van der Waals surface area contributed by atoms with Crippen molar-refractivity contribution in [3.05, 3.63) is 48.5 Å². The number of allylic oxidation sites excluding steroid dienone is 5. The van der Waals surface area contributed by atoms with Crippen LogP contribution in [0.2, 0.25) is 0 Å². The molecule has 2 heteroatoms. The molecule has 0 spiro atoms. The first-order valence-electron chi connectivity index (χ1n) is 3.53. The minimum atomic E-state index is 0.462. The van der Waals surface area contributed by atoms with Crippen LogP contribution in [-0.2, 0) is 0 Å². The molecule has 0 atom stereocenters. The predicted octanol–water partition coefficient (Wildman–Crippen LogP) is 3.19. The van der Waals surface area contributed by atoms with Crippen LogP contribution in [-0.4, -0.2) is 6.72 Å². The van der Waals surface area contributed by atoms with Gasteiger partial charge in [-0.2, -0.15) is 0 Å². The minimum Gasteiger partial charge on any atom is -0.264 e. The smallest absolute Gasteiger partial charge is 0.0873 e. The van der Waals surface area contributed by atoms with Crippen LogP contribution >= 0.6 is 0 Å². The van der Waals surface area contributed by atoms with E-state index >= 15 is 0 Å². The van der Waals surface area contributed by atoms with Crippen LogP contribution in [0.15, 0.2) is 53.5 Å². The van der Waals surface area contributed by atoms with E-state index < -0.39 is 0 Å². The molecule has 0 rings (SSSR count). The van der Waals surface area contributed by atoms with Crippen molar-refractivity contribution in [2.45, 2.75) is 6.92 Å². The summed E-state index contributed by atoms with van der Waals surface area (Å²) >= 11 is 0. The second-order valence-electron chi connectivity index (χ2n) is 2.00. The third kappa shape index (κ3) is 3.10. The lowest BCUT2D eigenvalue weighted by molar-refractivity contribution is 0.720. The zero-order valence-corrected chi connectivity index (χ0v) is 7.13. The molecule has 0 bridgehead atoms. The van der Waals surface area contributed by atoms with Crippen LogP contribution in [0.1, 0.15) is 6.92 Å². The van der Waals surface area contributed by atoms with Crippen molar-refractivity contribution in [2.24, 2.45) is 4.99 Å². The minimum absolute atomic E-state index is 0.462. The molecule has 0 fully saturated rings. The van der Waals surface area contributed by atoms with Crippen molar-refractivity contribution >= 4 is 6.72 Å². The quantitative estimate of drug-likeness (QED) is 0.448. The van der Waals surface area contributed by atoms with Gasteiger partial charge in [0.25, 0.3) is 0 Å². The van der Waals surface area contributed by atoms with E-state index in [1.807, 2.05) is 6.92 Å². The predicted molar refractivity (Wildman–Crippen MR) is 51.8 cm³/mol. The fraction of sp³-hybridized carbons (Fsp3) is 0.100. The topological polar surface area (TPSA) is 12.4 Å². The van der Waals surface area contributed by atoms with E-state index in [9.17, 15) is 4.39 Å². The molecule has 0 amide bonds. The van der Waals surface area contributed by atoms with E-state index in [-0.39, 0.29) is 0 Å². The van der Waals surface area contributed by atoms with Gasteiger partial charge in [-0.15, -0.1) is 0 Å². The summed E-state index contributed by atoms with van der Waals surface area (Å²) in [6.07, 6.45) is 6.84. The summed E-state index contributed by atoms with van der Waals surface area (Å²) in [4.78, 5) is 3.69. The average Bonchev–Trinajstić information content (AvgIpc) is 2.07.